The van der Waals surface area contributed by atoms with E-state index in [-0.39, 0.29) is 11.7 Å². The molecule has 5 nitrogen and oxygen atoms in total. The number of nitrogens with one attached hydrogen (secondary N) is 1. The van der Waals surface area contributed by atoms with Gasteiger partial charge in [0, 0.05) is 25.0 Å². The van der Waals surface area contributed by atoms with Crippen LogP contribution in [0, 0.1) is 5.82 Å². The van der Waals surface area contributed by atoms with Crippen LogP contribution in [-0.4, -0.2) is 20.7 Å². The van der Waals surface area contributed by atoms with Gasteiger partial charge in [0.05, 0.1) is 5.56 Å². The molecule has 2 heterocycles. The van der Waals surface area contributed by atoms with Gasteiger partial charge < -0.3 is 5.32 Å². The zero-order valence-corrected chi connectivity index (χ0v) is 13.9. The Kier molecular flexibility index (Phi) is 4.70. The van der Waals surface area contributed by atoms with E-state index in [2.05, 4.69) is 15.4 Å². The van der Waals surface area contributed by atoms with Crippen LogP contribution < -0.4 is 5.32 Å². The van der Waals surface area contributed by atoms with Crippen molar-refractivity contribution < 1.29 is 9.18 Å². The molecular formula is C19H17FN4O. The maximum Gasteiger partial charge on any atom is 0.249 e. The van der Waals surface area contributed by atoms with Crippen LogP contribution in [-0.2, 0) is 11.8 Å². The molecule has 0 spiro atoms. The summed E-state index contributed by atoms with van der Waals surface area (Å²) in [6.07, 6.45) is 6.46. The van der Waals surface area contributed by atoms with Crippen LogP contribution in [0.25, 0.3) is 22.4 Å². The molecule has 0 saturated carbocycles. The van der Waals surface area contributed by atoms with Crippen LogP contribution in [0.3, 0.4) is 0 Å². The number of benzene rings is 1. The second kappa shape index (κ2) is 7.09. The lowest BCUT2D eigenvalue weighted by atomic mass is 10.0. The van der Waals surface area contributed by atoms with Gasteiger partial charge in [0.15, 0.2) is 0 Å². The molecule has 1 aromatic carbocycles. The van der Waals surface area contributed by atoms with Crippen molar-refractivity contribution in [3.05, 3.63) is 66.8 Å². The first kappa shape index (κ1) is 16.6. The van der Waals surface area contributed by atoms with Crippen molar-refractivity contribution in [2.45, 2.75) is 6.92 Å². The minimum atomic E-state index is -0.313. The van der Waals surface area contributed by atoms with Gasteiger partial charge in [0.25, 0.3) is 0 Å². The van der Waals surface area contributed by atoms with E-state index in [4.69, 9.17) is 0 Å². The summed E-state index contributed by atoms with van der Waals surface area (Å²) in [5, 5.41) is 7.40. The number of rotatable bonds is 4. The van der Waals surface area contributed by atoms with Crippen molar-refractivity contribution in [3.8, 4) is 22.4 Å². The Morgan fingerprint density at radius 1 is 1.12 bits per heavy atom. The molecule has 0 bridgehead atoms. The molecule has 0 unspecified atom stereocenters. The third kappa shape index (κ3) is 3.47. The van der Waals surface area contributed by atoms with Crippen LogP contribution in [0.15, 0.2) is 60.9 Å². The monoisotopic (exact) mass is 336 g/mol. The minimum absolute atomic E-state index is 0.244. The number of amides is 1. The quantitative estimate of drug-likeness (QED) is 0.737. The summed E-state index contributed by atoms with van der Waals surface area (Å²) >= 11 is 0. The van der Waals surface area contributed by atoms with Gasteiger partial charge in [-0.1, -0.05) is 6.08 Å². The number of halogens is 1. The molecule has 25 heavy (non-hydrogen) atoms. The molecule has 0 fully saturated rings. The lowest BCUT2D eigenvalue weighted by Crippen LogP contribution is -2.12. The minimum Gasteiger partial charge on any atom is -0.307 e. The molecule has 0 aliphatic heterocycles. The van der Waals surface area contributed by atoms with Crippen LogP contribution in [0.5, 0.6) is 0 Å². The van der Waals surface area contributed by atoms with E-state index < -0.39 is 0 Å². The van der Waals surface area contributed by atoms with Crippen LogP contribution in [0.4, 0.5) is 10.2 Å². The number of nitrogens with zero attached hydrogens (tertiary/aromatic N) is 3. The van der Waals surface area contributed by atoms with Crippen molar-refractivity contribution in [2.24, 2.45) is 7.05 Å². The van der Waals surface area contributed by atoms with Gasteiger partial charge in [0.1, 0.15) is 17.3 Å². The number of carbonyl (C=O) groups is 1. The van der Waals surface area contributed by atoms with Gasteiger partial charge >= 0.3 is 0 Å². The topological polar surface area (TPSA) is 59.8 Å². The lowest BCUT2D eigenvalue weighted by Gasteiger charge is -2.08. The number of pyridine rings is 1. The molecule has 1 N–H and O–H groups in total. The van der Waals surface area contributed by atoms with Gasteiger partial charge in [-0.05, 0) is 55.0 Å². The zero-order chi connectivity index (χ0) is 17.8. The Bertz CT molecular complexity index is 915. The fraction of sp³-hybridized carbons (Fsp3) is 0.105. The molecule has 0 aliphatic carbocycles. The number of aryl methyl sites for hydroxylation is 1. The zero-order valence-electron chi connectivity index (χ0n) is 13.9. The Hall–Kier alpha value is -3.28. The Morgan fingerprint density at radius 3 is 2.44 bits per heavy atom. The van der Waals surface area contributed by atoms with Gasteiger partial charge in [-0.3, -0.25) is 14.5 Å². The van der Waals surface area contributed by atoms with Crippen molar-refractivity contribution in [2.75, 3.05) is 5.32 Å². The highest BCUT2D eigenvalue weighted by Gasteiger charge is 2.20. The van der Waals surface area contributed by atoms with E-state index in [1.54, 1.807) is 49.3 Å². The molecular weight excluding hydrogens is 319 g/mol. The Labute approximate surface area is 144 Å². The fourth-order valence-electron chi connectivity index (χ4n) is 2.58. The molecule has 0 atom stereocenters. The molecule has 3 rings (SSSR count). The maximum atomic E-state index is 13.3. The van der Waals surface area contributed by atoms with E-state index in [0.29, 0.717) is 11.5 Å². The molecule has 6 heteroatoms. The summed E-state index contributed by atoms with van der Waals surface area (Å²) < 4.78 is 14.9. The van der Waals surface area contributed by atoms with E-state index in [1.165, 1.54) is 18.2 Å². The summed E-state index contributed by atoms with van der Waals surface area (Å²) in [6, 6.07) is 9.79. The van der Waals surface area contributed by atoms with Gasteiger partial charge in [-0.2, -0.15) is 5.10 Å². The molecule has 1 amide bonds. The largest absolute Gasteiger partial charge is 0.307 e. The smallest absolute Gasteiger partial charge is 0.249 e. The second-order valence-electron chi connectivity index (χ2n) is 5.43. The highest BCUT2D eigenvalue weighted by Crippen LogP contribution is 2.37. The predicted molar refractivity (Wildman–Crippen MR) is 95.3 cm³/mol. The first-order chi connectivity index (χ1) is 12.1. The standard InChI is InChI=1S/C19H17FN4O/c1-3-4-16(25)22-19-17(13-9-11-21-12-10-13)18(23-24(19)2)14-5-7-15(20)8-6-14/h3-12H,1-2H3,(H,22,25)/b4-3+. The van der Waals surface area contributed by atoms with Crippen LogP contribution in [0.1, 0.15) is 6.92 Å². The highest BCUT2D eigenvalue weighted by atomic mass is 19.1. The average Bonchev–Trinajstić information content (AvgIpc) is 2.93. The van der Waals surface area contributed by atoms with E-state index in [9.17, 15) is 9.18 Å². The van der Waals surface area contributed by atoms with Gasteiger partial charge in [-0.25, -0.2) is 4.39 Å². The third-order valence-electron chi connectivity index (χ3n) is 3.69. The summed E-state index contributed by atoms with van der Waals surface area (Å²) in [4.78, 5) is 16.1. The number of aromatic nitrogens is 3. The number of anilines is 1. The molecule has 126 valence electrons. The lowest BCUT2D eigenvalue weighted by molar-refractivity contribution is -0.111. The first-order valence-electron chi connectivity index (χ1n) is 7.77. The van der Waals surface area contributed by atoms with Crippen molar-refractivity contribution in [1.82, 2.24) is 14.8 Å². The number of carbonyl (C=O) groups excluding carboxylic acids is 1. The highest BCUT2D eigenvalue weighted by molar-refractivity contribution is 6.03. The fourth-order valence-corrected chi connectivity index (χ4v) is 2.58. The summed E-state index contributed by atoms with van der Waals surface area (Å²) in [6.45, 7) is 1.77. The van der Waals surface area contributed by atoms with Gasteiger partial charge in [0.2, 0.25) is 5.91 Å². The van der Waals surface area contributed by atoms with Crippen molar-refractivity contribution in [3.63, 3.8) is 0 Å². The third-order valence-corrected chi connectivity index (χ3v) is 3.69. The molecule has 0 aliphatic rings. The van der Waals surface area contributed by atoms with Gasteiger partial charge in [-0.15, -0.1) is 0 Å². The molecule has 0 radical (unpaired) electrons. The van der Waals surface area contributed by atoms with Crippen LogP contribution in [0.2, 0.25) is 0 Å². The SMILES string of the molecule is C/C=C/C(=O)Nc1c(-c2ccncc2)c(-c2ccc(F)cc2)nn1C. The van der Waals surface area contributed by atoms with Crippen molar-refractivity contribution >= 4 is 11.7 Å². The Balaban J connectivity index is 2.18. The number of hydrogen-bond acceptors (Lipinski definition) is 3. The number of allylic oxidation sites excluding steroid dienone is 1. The van der Waals surface area contributed by atoms with E-state index in [1.807, 2.05) is 12.1 Å². The normalized spacial score (nSPS) is 11.0. The summed E-state index contributed by atoms with van der Waals surface area (Å²) in [7, 11) is 1.75. The number of hydrogen-bond donors (Lipinski definition) is 1. The average molecular weight is 336 g/mol. The van der Waals surface area contributed by atoms with Crippen LogP contribution >= 0.6 is 0 Å². The summed E-state index contributed by atoms with van der Waals surface area (Å²) in [5.74, 6) is 0.00633. The maximum absolute atomic E-state index is 13.3. The predicted octanol–water partition coefficient (Wildman–Crippen LogP) is 3.80. The summed E-state index contributed by atoms with van der Waals surface area (Å²) in [5.41, 5.74) is 3.03. The van der Waals surface area contributed by atoms with E-state index >= 15 is 0 Å². The second-order valence-corrected chi connectivity index (χ2v) is 5.43. The molecule has 0 saturated heterocycles. The first-order valence-corrected chi connectivity index (χ1v) is 7.77. The molecule has 2 aromatic heterocycles. The van der Waals surface area contributed by atoms with E-state index in [0.717, 1.165) is 16.7 Å². The Morgan fingerprint density at radius 2 is 1.80 bits per heavy atom. The molecule has 3 aromatic rings. The van der Waals surface area contributed by atoms with Crippen molar-refractivity contribution in [1.29, 1.82) is 0 Å².